The molecule has 1 aromatic heterocycles. The second-order valence-electron chi connectivity index (χ2n) is 8.33. The second-order valence-corrected chi connectivity index (χ2v) is 9.62. The van der Waals surface area contributed by atoms with Gasteiger partial charge in [0.1, 0.15) is 11.4 Å². The first kappa shape index (κ1) is 22.5. The molecule has 0 bridgehead atoms. The molecule has 0 N–H and O–H groups in total. The van der Waals surface area contributed by atoms with Crippen LogP contribution < -0.4 is 0 Å². The van der Waals surface area contributed by atoms with Crippen LogP contribution >= 0.6 is 22.9 Å². The number of hydrogen-bond donors (Lipinski definition) is 0. The van der Waals surface area contributed by atoms with E-state index >= 15 is 0 Å². The third-order valence-corrected chi connectivity index (χ3v) is 5.78. The number of piperazine rings is 1. The highest BCUT2D eigenvalue weighted by Gasteiger charge is 2.33. The summed E-state index contributed by atoms with van der Waals surface area (Å²) in [5.41, 5.74) is 0.540. The molecule has 0 radical (unpaired) electrons. The Bertz CT molecular complexity index is 944. The van der Waals surface area contributed by atoms with E-state index in [9.17, 15) is 14.0 Å². The van der Waals surface area contributed by atoms with Gasteiger partial charge in [-0.25, -0.2) is 14.2 Å². The van der Waals surface area contributed by atoms with Gasteiger partial charge in [0, 0.05) is 42.5 Å². The van der Waals surface area contributed by atoms with Gasteiger partial charge in [-0.2, -0.15) is 0 Å². The Morgan fingerprint density at radius 1 is 1.33 bits per heavy atom. The summed E-state index contributed by atoms with van der Waals surface area (Å²) in [5.74, 6) is -0.575. The molecule has 9 heteroatoms. The van der Waals surface area contributed by atoms with Crippen molar-refractivity contribution in [3.05, 3.63) is 50.7 Å². The number of carbonyl (C=O) groups excluding carboxylic acids is 2. The third kappa shape index (κ3) is 5.49. The van der Waals surface area contributed by atoms with Crippen molar-refractivity contribution in [1.29, 1.82) is 0 Å². The summed E-state index contributed by atoms with van der Waals surface area (Å²) in [6, 6.07) is 4.35. The van der Waals surface area contributed by atoms with Crippen molar-refractivity contribution >= 4 is 34.9 Å². The van der Waals surface area contributed by atoms with E-state index in [0.29, 0.717) is 40.9 Å². The van der Waals surface area contributed by atoms with E-state index in [2.05, 4.69) is 4.98 Å². The lowest BCUT2D eigenvalue weighted by Gasteiger charge is -2.39. The molecule has 30 heavy (non-hydrogen) atoms. The predicted molar refractivity (Wildman–Crippen MR) is 115 cm³/mol. The molecule has 1 aliphatic rings. The molecule has 162 valence electrons. The molecule has 2 heterocycles. The molecule has 0 spiro atoms. The fourth-order valence-electron chi connectivity index (χ4n) is 3.22. The first-order valence-corrected chi connectivity index (χ1v) is 11.0. The van der Waals surface area contributed by atoms with Crippen LogP contribution in [0.4, 0.5) is 9.18 Å². The average Bonchev–Trinajstić information content (AvgIpc) is 3.10. The third-order valence-electron chi connectivity index (χ3n) is 4.66. The molecule has 1 atom stereocenters. The van der Waals surface area contributed by atoms with Crippen LogP contribution in [0.25, 0.3) is 0 Å². The molecule has 1 aliphatic heterocycles. The molecule has 3 rings (SSSR count). The van der Waals surface area contributed by atoms with E-state index in [-0.39, 0.29) is 24.5 Å². The zero-order valence-corrected chi connectivity index (χ0v) is 19.0. The van der Waals surface area contributed by atoms with Crippen molar-refractivity contribution in [3.8, 4) is 0 Å². The number of aromatic nitrogens is 1. The molecule has 2 amide bonds. The lowest BCUT2D eigenvalue weighted by molar-refractivity contribution is 0.00198. The minimum Gasteiger partial charge on any atom is -0.444 e. The van der Waals surface area contributed by atoms with Crippen LogP contribution in [0.5, 0.6) is 0 Å². The number of thiazole rings is 1. The summed E-state index contributed by atoms with van der Waals surface area (Å²) < 4.78 is 19.5. The fraction of sp³-hybridized carbons (Fsp3) is 0.476. The maximum Gasteiger partial charge on any atom is 0.410 e. The van der Waals surface area contributed by atoms with Gasteiger partial charge in [-0.05, 0) is 45.4 Å². The van der Waals surface area contributed by atoms with E-state index in [0.717, 1.165) is 0 Å². The zero-order chi connectivity index (χ0) is 22.1. The summed E-state index contributed by atoms with van der Waals surface area (Å²) in [5, 5.41) is 2.46. The zero-order valence-electron chi connectivity index (χ0n) is 17.4. The lowest BCUT2D eigenvalue weighted by atomic mass is 10.1. The first-order chi connectivity index (χ1) is 14.0. The number of halogens is 2. The van der Waals surface area contributed by atoms with E-state index in [1.54, 1.807) is 27.3 Å². The van der Waals surface area contributed by atoms with Crippen molar-refractivity contribution in [3.63, 3.8) is 0 Å². The molecule has 1 aromatic carbocycles. The maximum atomic E-state index is 14.0. The van der Waals surface area contributed by atoms with Crippen LogP contribution in [0.1, 0.15) is 48.8 Å². The van der Waals surface area contributed by atoms with Crippen molar-refractivity contribution < 1.29 is 18.7 Å². The average molecular weight is 454 g/mol. The van der Waals surface area contributed by atoms with Gasteiger partial charge in [0.15, 0.2) is 5.01 Å². The van der Waals surface area contributed by atoms with E-state index in [1.165, 1.54) is 17.4 Å². The van der Waals surface area contributed by atoms with Gasteiger partial charge < -0.3 is 14.5 Å². The quantitative estimate of drug-likeness (QED) is 0.680. The molecule has 1 saturated heterocycles. The van der Waals surface area contributed by atoms with Crippen LogP contribution in [-0.2, 0) is 11.2 Å². The maximum absolute atomic E-state index is 14.0. The number of nitrogens with zero attached hydrogens (tertiary/aromatic N) is 3. The molecule has 0 aliphatic carbocycles. The van der Waals surface area contributed by atoms with Crippen LogP contribution in [0.3, 0.4) is 0 Å². The normalized spacial score (nSPS) is 17.2. The summed E-state index contributed by atoms with van der Waals surface area (Å²) >= 11 is 7.03. The fourth-order valence-corrected chi connectivity index (χ4v) is 4.16. The van der Waals surface area contributed by atoms with E-state index < -0.39 is 11.4 Å². The molecule has 1 fully saturated rings. The first-order valence-electron chi connectivity index (χ1n) is 9.71. The summed E-state index contributed by atoms with van der Waals surface area (Å²) in [4.78, 5) is 33.0. The standard InChI is InChI=1S/C21H25ClFN3O3S/c1-13-11-25(7-8-26(13)20(28)29-21(2,3)4)19(27)18-24-16(12-30-18)9-14-5-6-15(22)10-17(14)23/h5-6,10,12-13H,7-9,11H2,1-4H3. The minimum atomic E-state index is -0.565. The number of carbonyl (C=O) groups is 2. The number of rotatable bonds is 3. The van der Waals surface area contributed by atoms with Crippen LogP contribution in [0, 0.1) is 5.82 Å². The van der Waals surface area contributed by atoms with Gasteiger partial charge in [0.2, 0.25) is 0 Å². The summed E-state index contributed by atoms with van der Waals surface area (Å²) in [6.07, 6.45) is -0.0843. The van der Waals surface area contributed by atoms with Gasteiger partial charge in [-0.1, -0.05) is 17.7 Å². The topological polar surface area (TPSA) is 62.7 Å². The van der Waals surface area contributed by atoms with Gasteiger partial charge in [-0.15, -0.1) is 11.3 Å². The second kappa shape index (κ2) is 8.89. The Morgan fingerprint density at radius 3 is 2.70 bits per heavy atom. The highest BCUT2D eigenvalue weighted by molar-refractivity contribution is 7.11. The number of ether oxygens (including phenoxy) is 1. The molecule has 2 aromatic rings. The Balaban J connectivity index is 1.62. The Labute approximate surface area is 184 Å². The van der Waals surface area contributed by atoms with Crippen molar-refractivity contribution in [2.45, 2.75) is 45.8 Å². The molecule has 0 saturated carbocycles. The number of benzene rings is 1. The van der Waals surface area contributed by atoms with Crippen LogP contribution in [-0.4, -0.2) is 58.1 Å². The van der Waals surface area contributed by atoms with Crippen molar-refractivity contribution in [2.75, 3.05) is 19.6 Å². The summed E-state index contributed by atoms with van der Waals surface area (Å²) in [7, 11) is 0. The highest BCUT2D eigenvalue weighted by Crippen LogP contribution is 2.22. The monoisotopic (exact) mass is 453 g/mol. The van der Waals surface area contributed by atoms with Crippen LogP contribution in [0.2, 0.25) is 5.02 Å². The van der Waals surface area contributed by atoms with Crippen molar-refractivity contribution in [2.24, 2.45) is 0 Å². The van der Waals surface area contributed by atoms with Crippen LogP contribution in [0.15, 0.2) is 23.6 Å². The van der Waals surface area contributed by atoms with Gasteiger partial charge >= 0.3 is 6.09 Å². The Kier molecular flexibility index (Phi) is 6.67. The molecule has 1 unspecified atom stereocenters. The van der Waals surface area contributed by atoms with E-state index in [1.807, 2.05) is 27.7 Å². The highest BCUT2D eigenvalue weighted by atomic mass is 35.5. The predicted octanol–water partition coefficient (Wildman–Crippen LogP) is 4.61. The lowest BCUT2D eigenvalue weighted by Crippen LogP contribution is -2.56. The largest absolute Gasteiger partial charge is 0.444 e. The van der Waals surface area contributed by atoms with Gasteiger partial charge in [0.25, 0.3) is 5.91 Å². The van der Waals surface area contributed by atoms with E-state index in [4.69, 9.17) is 16.3 Å². The molecular weight excluding hydrogens is 429 g/mol. The Morgan fingerprint density at radius 2 is 2.07 bits per heavy atom. The summed E-state index contributed by atoms with van der Waals surface area (Å²) in [6.45, 7) is 8.57. The van der Waals surface area contributed by atoms with Gasteiger partial charge in [0.05, 0.1) is 5.69 Å². The minimum absolute atomic E-state index is 0.167. The molecule has 6 nitrogen and oxygen atoms in total. The van der Waals surface area contributed by atoms with Gasteiger partial charge in [-0.3, -0.25) is 4.79 Å². The number of hydrogen-bond acceptors (Lipinski definition) is 5. The number of amides is 2. The molecular formula is C21H25ClFN3O3S. The Hall–Kier alpha value is -2.19. The van der Waals surface area contributed by atoms with Crippen molar-refractivity contribution in [1.82, 2.24) is 14.8 Å². The SMILES string of the molecule is CC1CN(C(=O)c2nc(Cc3ccc(Cl)cc3F)cs2)CCN1C(=O)OC(C)(C)C. The smallest absolute Gasteiger partial charge is 0.410 e.